The molecule has 58 valence electrons. The second-order valence-corrected chi connectivity index (χ2v) is 2.86. The molecular formula is C4H7O5P. The van der Waals surface area contributed by atoms with E-state index < -0.39 is 13.3 Å². The van der Waals surface area contributed by atoms with Gasteiger partial charge in [-0.1, -0.05) is 12.7 Å². The van der Waals surface area contributed by atoms with E-state index in [1.54, 1.807) is 0 Å². The molecule has 0 aromatic rings. The van der Waals surface area contributed by atoms with Crippen molar-refractivity contribution in [2.45, 2.75) is 0 Å². The predicted octanol–water partition coefficient (Wildman–Crippen LogP) is 0.487. The van der Waals surface area contributed by atoms with Gasteiger partial charge in [-0.2, -0.15) is 0 Å². The molecule has 6 heteroatoms. The molecule has 0 unspecified atom stereocenters. The third-order valence-corrected chi connectivity index (χ3v) is 1.17. The van der Waals surface area contributed by atoms with Gasteiger partial charge in [0.25, 0.3) is 0 Å². The zero-order valence-electron chi connectivity index (χ0n) is 5.06. The number of carbonyl (C=O) groups is 1. The van der Waals surface area contributed by atoms with Crippen LogP contribution in [0.5, 0.6) is 0 Å². The van der Waals surface area contributed by atoms with Crippen molar-refractivity contribution in [2.24, 2.45) is 0 Å². The largest absolute Gasteiger partial charge is 0.452 e. The molecule has 0 aliphatic rings. The summed E-state index contributed by atoms with van der Waals surface area (Å²) in [4.78, 5) is 26.4. The molecular weight excluding hydrogens is 159 g/mol. The fourth-order valence-corrected chi connectivity index (χ4v) is 0.457. The second kappa shape index (κ2) is 3.51. The summed E-state index contributed by atoms with van der Waals surface area (Å²) in [6, 6.07) is 0. The molecule has 0 spiro atoms. The van der Waals surface area contributed by atoms with Crippen LogP contribution in [-0.4, -0.2) is 22.1 Å². The van der Waals surface area contributed by atoms with Crippen molar-refractivity contribution in [3.63, 3.8) is 0 Å². The highest BCUT2D eigenvalue weighted by atomic mass is 31.2. The minimum atomic E-state index is -4.70. The molecule has 10 heavy (non-hydrogen) atoms. The van der Waals surface area contributed by atoms with Crippen molar-refractivity contribution in [3.05, 3.63) is 12.7 Å². The first kappa shape index (κ1) is 9.36. The monoisotopic (exact) mass is 166 g/mol. The first-order valence-electron chi connectivity index (χ1n) is 2.32. The minimum Gasteiger partial charge on any atom is -0.452 e. The van der Waals surface area contributed by atoms with Crippen LogP contribution in [0.25, 0.3) is 0 Å². The van der Waals surface area contributed by atoms with Crippen LogP contribution >= 0.6 is 7.60 Å². The Bertz CT molecular complexity index is 180. The van der Waals surface area contributed by atoms with Crippen molar-refractivity contribution in [2.75, 3.05) is 6.61 Å². The second-order valence-electron chi connectivity index (χ2n) is 1.41. The van der Waals surface area contributed by atoms with Gasteiger partial charge in [0.1, 0.15) is 6.61 Å². The van der Waals surface area contributed by atoms with Crippen LogP contribution in [0, 0.1) is 0 Å². The molecule has 0 aliphatic heterocycles. The molecule has 0 atom stereocenters. The molecule has 0 rings (SSSR count). The molecule has 0 amide bonds. The molecule has 2 N–H and O–H groups in total. The SMILES string of the molecule is C=CCOC(=O)P(=O)(O)O. The summed E-state index contributed by atoms with van der Waals surface area (Å²) in [6.07, 6.45) is 1.22. The Balaban J connectivity index is 3.87. The Labute approximate surface area is 57.5 Å². The third kappa shape index (κ3) is 3.40. The normalized spacial score (nSPS) is 10.6. The maximum atomic E-state index is 10.2. The maximum Gasteiger partial charge on any atom is 0.433 e. The van der Waals surface area contributed by atoms with Gasteiger partial charge in [-0.25, -0.2) is 9.36 Å². The Morgan fingerprint density at radius 2 is 2.20 bits per heavy atom. The van der Waals surface area contributed by atoms with Gasteiger partial charge in [-0.3, -0.25) is 0 Å². The molecule has 0 bridgehead atoms. The van der Waals surface area contributed by atoms with Gasteiger partial charge >= 0.3 is 13.3 Å². The Kier molecular flexibility index (Phi) is 3.28. The first-order chi connectivity index (χ1) is 4.48. The Hall–Kier alpha value is -0.640. The molecule has 0 radical (unpaired) electrons. The zero-order valence-corrected chi connectivity index (χ0v) is 5.95. The molecule has 0 aromatic heterocycles. The minimum absolute atomic E-state index is 0.191. The molecule has 0 saturated heterocycles. The number of rotatable bonds is 3. The maximum absolute atomic E-state index is 10.2. The van der Waals surface area contributed by atoms with Crippen LogP contribution in [0.2, 0.25) is 0 Å². The lowest BCUT2D eigenvalue weighted by molar-refractivity contribution is 0.175. The molecule has 0 heterocycles. The molecule has 0 fully saturated rings. The number of hydrogen-bond acceptors (Lipinski definition) is 3. The van der Waals surface area contributed by atoms with Gasteiger partial charge in [0.2, 0.25) is 0 Å². The van der Waals surface area contributed by atoms with Crippen molar-refractivity contribution in [1.29, 1.82) is 0 Å². The fraction of sp³-hybridized carbons (Fsp3) is 0.250. The lowest BCUT2D eigenvalue weighted by Crippen LogP contribution is -2.01. The van der Waals surface area contributed by atoms with Gasteiger partial charge in [-0.05, 0) is 0 Å². The lowest BCUT2D eigenvalue weighted by atomic mass is 10.7. The van der Waals surface area contributed by atoms with Crippen LogP contribution in [0.4, 0.5) is 4.79 Å². The van der Waals surface area contributed by atoms with E-state index in [0.717, 1.165) is 0 Å². The van der Waals surface area contributed by atoms with E-state index in [0.29, 0.717) is 0 Å². The predicted molar refractivity (Wildman–Crippen MR) is 33.6 cm³/mol. The summed E-state index contributed by atoms with van der Waals surface area (Å²) >= 11 is 0. The first-order valence-corrected chi connectivity index (χ1v) is 3.93. The quantitative estimate of drug-likeness (QED) is 0.470. The number of carbonyl (C=O) groups excluding carboxylic acids is 1. The van der Waals surface area contributed by atoms with Gasteiger partial charge in [-0.15, -0.1) is 0 Å². The summed E-state index contributed by atoms with van der Waals surface area (Å²) in [5.41, 5.74) is -1.52. The van der Waals surface area contributed by atoms with E-state index in [9.17, 15) is 9.36 Å². The lowest BCUT2D eigenvalue weighted by Gasteiger charge is -2.01. The highest BCUT2D eigenvalue weighted by Gasteiger charge is 2.27. The summed E-state index contributed by atoms with van der Waals surface area (Å²) in [6.45, 7) is 2.99. The van der Waals surface area contributed by atoms with E-state index in [1.165, 1.54) is 6.08 Å². The average Bonchev–Trinajstić information content (AvgIpc) is 1.80. The number of ether oxygens (including phenoxy) is 1. The molecule has 0 aliphatic carbocycles. The van der Waals surface area contributed by atoms with E-state index >= 15 is 0 Å². The van der Waals surface area contributed by atoms with E-state index in [4.69, 9.17) is 9.79 Å². The van der Waals surface area contributed by atoms with Crippen LogP contribution in [0.15, 0.2) is 12.7 Å². The van der Waals surface area contributed by atoms with Gasteiger partial charge in [0.05, 0.1) is 0 Å². The molecule has 5 nitrogen and oxygen atoms in total. The molecule has 0 saturated carbocycles. The average molecular weight is 166 g/mol. The van der Waals surface area contributed by atoms with Gasteiger partial charge < -0.3 is 14.5 Å². The number of hydrogen-bond donors (Lipinski definition) is 2. The fourth-order valence-electron chi connectivity index (χ4n) is 0.214. The standard InChI is InChI=1S/C4H7O5P/c1-2-3-9-4(5)10(6,7)8/h2H,1,3H2,(H2,6,7,8). The van der Waals surface area contributed by atoms with Crippen molar-refractivity contribution in [3.8, 4) is 0 Å². The van der Waals surface area contributed by atoms with E-state index in [-0.39, 0.29) is 6.61 Å². The summed E-state index contributed by atoms with van der Waals surface area (Å²) < 4.78 is 14.1. The topological polar surface area (TPSA) is 83.8 Å². The Morgan fingerprint density at radius 1 is 1.70 bits per heavy atom. The molecule has 0 aromatic carbocycles. The summed E-state index contributed by atoms with van der Waals surface area (Å²) in [5.74, 6) is 0. The summed E-state index contributed by atoms with van der Waals surface area (Å²) in [7, 11) is -4.70. The van der Waals surface area contributed by atoms with E-state index in [2.05, 4.69) is 11.3 Å². The smallest absolute Gasteiger partial charge is 0.433 e. The van der Waals surface area contributed by atoms with Crippen molar-refractivity contribution >= 4 is 13.3 Å². The van der Waals surface area contributed by atoms with E-state index in [1.807, 2.05) is 0 Å². The van der Waals surface area contributed by atoms with Crippen LogP contribution in [0.3, 0.4) is 0 Å². The zero-order chi connectivity index (χ0) is 8.20. The van der Waals surface area contributed by atoms with Gasteiger partial charge in [0.15, 0.2) is 0 Å². The highest BCUT2D eigenvalue weighted by molar-refractivity contribution is 7.69. The highest BCUT2D eigenvalue weighted by Crippen LogP contribution is 2.36. The van der Waals surface area contributed by atoms with Crippen molar-refractivity contribution < 1.29 is 23.9 Å². The van der Waals surface area contributed by atoms with Crippen LogP contribution in [0.1, 0.15) is 0 Å². The third-order valence-electron chi connectivity index (χ3n) is 0.562. The Morgan fingerprint density at radius 3 is 2.50 bits per heavy atom. The van der Waals surface area contributed by atoms with Crippen LogP contribution < -0.4 is 0 Å². The van der Waals surface area contributed by atoms with Crippen molar-refractivity contribution in [1.82, 2.24) is 0 Å². The van der Waals surface area contributed by atoms with Crippen LogP contribution in [-0.2, 0) is 9.30 Å². The summed E-state index contributed by atoms with van der Waals surface area (Å²) in [5, 5.41) is 0. The van der Waals surface area contributed by atoms with Gasteiger partial charge in [0, 0.05) is 0 Å².